The highest BCUT2D eigenvalue weighted by Gasteiger charge is 2.06. The predicted octanol–water partition coefficient (Wildman–Crippen LogP) is 3.30. The number of unbranched alkanes of at least 4 members (excludes halogenated alkanes) is 1. The van der Waals surface area contributed by atoms with Crippen LogP contribution in [0.1, 0.15) is 19.8 Å². The average Bonchev–Trinajstić information content (AvgIpc) is 2.44. The third-order valence-corrected chi connectivity index (χ3v) is 3.02. The number of phenols is 1. The summed E-state index contributed by atoms with van der Waals surface area (Å²) in [5.74, 6) is -0.00431. The number of fused-ring (bicyclic) bond motifs is 1. The summed E-state index contributed by atoms with van der Waals surface area (Å²) in [6, 6.07) is 10.7. The molecule has 0 saturated heterocycles. The van der Waals surface area contributed by atoms with Gasteiger partial charge in [-0.2, -0.15) is 0 Å². The van der Waals surface area contributed by atoms with Gasteiger partial charge in [0.15, 0.2) is 0 Å². The van der Waals surface area contributed by atoms with E-state index in [1.54, 1.807) is 12.1 Å². The highest BCUT2D eigenvalue weighted by Crippen LogP contribution is 2.26. The molecule has 0 aromatic heterocycles. The van der Waals surface area contributed by atoms with E-state index in [9.17, 15) is 9.90 Å². The van der Waals surface area contributed by atoms with Gasteiger partial charge in [-0.25, -0.2) is 0 Å². The zero-order valence-electron chi connectivity index (χ0n) is 11.6. The summed E-state index contributed by atoms with van der Waals surface area (Å²) < 4.78 is 5.28. The molecule has 0 aliphatic carbocycles. The SMILES string of the molecule is CCCCOCC(=O)Nc1cccc2ccc(O)cc12. The molecule has 0 radical (unpaired) electrons. The Bertz CT molecular complexity index is 595. The van der Waals surface area contributed by atoms with E-state index in [2.05, 4.69) is 12.2 Å². The predicted molar refractivity (Wildman–Crippen MR) is 80.0 cm³/mol. The minimum Gasteiger partial charge on any atom is -0.508 e. The quantitative estimate of drug-likeness (QED) is 0.794. The van der Waals surface area contributed by atoms with Crippen LogP contribution in [0.4, 0.5) is 5.69 Å². The number of hydrogen-bond acceptors (Lipinski definition) is 3. The van der Waals surface area contributed by atoms with Crippen LogP contribution in [-0.4, -0.2) is 24.2 Å². The number of aromatic hydroxyl groups is 1. The standard InChI is InChI=1S/C16H19NO3/c1-2-3-9-20-11-16(19)17-15-6-4-5-12-7-8-13(18)10-14(12)15/h4-8,10,18H,2-3,9,11H2,1H3,(H,17,19). The van der Waals surface area contributed by atoms with Crippen molar-refractivity contribution in [1.29, 1.82) is 0 Å². The Morgan fingerprint density at radius 2 is 2.15 bits per heavy atom. The molecular formula is C16H19NO3. The van der Waals surface area contributed by atoms with E-state index in [1.807, 2.05) is 24.3 Å². The number of anilines is 1. The molecule has 0 spiro atoms. The lowest BCUT2D eigenvalue weighted by molar-refractivity contribution is -0.120. The molecule has 4 heteroatoms. The minimum absolute atomic E-state index is 0.0508. The first-order chi connectivity index (χ1) is 9.70. The zero-order valence-corrected chi connectivity index (χ0v) is 11.6. The number of hydrogen-bond donors (Lipinski definition) is 2. The second-order valence-electron chi connectivity index (χ2n) is 4.67. The maximum absolute atomic E-state index is 11.8. The van der Waals surface area contributed by atoms with Gasteiger partial charge in [0, 0.05) is 17.7 Å². The third kappa shape index (κ3) is 3.71. The monoisotopic (exact) mass is 273 g/mol. The van der Waals surface area contributed by atoms with E-state index < -0.39 is 0 Å². The van der Waals surface area contributed by atoms with Gasteiger partial charge in [0.25, 0.3) is 0 Å². The first-order valence-electron chi connectivity index (χ1n) is 6.80. The molecule has 0 heterocycles. The molecule has 2 rings (SSSR count). The van der Waals surface area contributed by atoms with Gasteiger partial charge in [-0.05, 0) is 30.0 Å². The molecular weight excluding hydrogens is 254 g/mol. The Morgan fingerprint density at radius 1 is 1.30 bits per heavy atom. The molecule has 0 aliphatic rings. The second-order valence-corrected chi connectivity index (χ2v) is 4.67. The third-order valence-electron chi connectivity index (χ3n) is 3.02. The zero-order chi connectivity index (χ0) is 14.4. The summed E-state index contributed by atoms with van der Waals surface area (Å²) in [5, 5.41) is 14.1. The lowest BCUT2D eigenvalue weighted by Crippen LogP contribution is -2.18. The fourth-order valence-electron chi connectivity index (χ4n) is 1.97. The Balaban J connectivity index is 2.05. The summed E-state index contributed by atoms with van der Waals surface area (Å²) in [7, 11) is 0. The molecule has 0 aliphatic heterocycles. The smallest absolute Gasteiger partial charge is 0.250 e. The average molecular weight is 273 g/mol. The molecule has 1 amide bonds. The molecule has 20 heavy (non-hydrogen) atoms. The molecule has 0 fully saturated rings. The molecule has 0 atom stereocenters. The van der Waals surface area contributed by atoms with E-state index in [1.165, 1.54) is 0 Å². The molecule has 0 unspecified atom stereocenters. The van der Waals surface area contributed by atoms with E-state index in [4.69, 9.17) is 4.74 Å². The molecule has 2 aromatic carbocycles. The van der Waals surface area contributed by atoms with Gasteiger partial charge in [-0.3, -0.25) is 4.79 Å². The van der Waals surface area contributed by atoms with Crippen LogP contribution < -0.4 is 5.32 Å². The fraction of sp³-hybridized carbons (Fsp3) is 0.312. The van der Waals surface area contributed by atoms with Crippen LogP contribution in [0.2, 0.25) is 0 Å². The van der Waals surface area contributed by atoms with Crippen LogP contribution >= 0.6 is 0 Å². The van der Waals surface area contributed by atoms with Crippen LogP contribution in [-0.2, 0) is 9.53 Å². The van der Waals surface area contributed by atoms with Gasteiger partial charge in [-0.15, -0.1) is 0 Å². The number of benzene rings is 2. The van der Waals surface area contributed by atoms with Crippen molar-refractivity contribution in [2.45, 2.75) is 19.8 Å². The van der Waals surface area contributed by atoms with Crippen LogP contribution in [0.3, 0.4) is 0 Å². The van der Waals surface area contributed by atoms with E-state index in [0.717, 1.165) is 23.6 Å². The molecule has 2 N–H and O–H groups in total. The molecule has 0 saturated carbocycles. The fourth-order valence-corrected chi connectivity index (χ4v) is 1.97. The summed E-state index contributed by atoms with van der Waals surface area (Å²) in [6.07, 6.45) is 2.00. The highest BCUT2D eigenvalue weighted by molar-refractivity contribution is 6.02. The van der Waals surface area contributed by atoms with Crippen molar-refractivity contribution in [3.05, 3.63) is 36.4 Å². The largest absolute Gasteiger partial charge is 0.508 e. The van der Waals surface area contributed by atoms with Gasteiger partial charge in [0.2, 0.25) is 5.91 Å². The van der Waals surface area contributed by atoms with E-state index >= 15 is 0 Å². The molecule has 4 nitrogen and oxygen atoms in total. The Kier molecular flexibility index (Phi) is 4.96. The molecule has 0 bridgehead atoms. The summed E-state index contributed by atoms with van der Waals surface area (Å²) in [6.45, 7) is 2.72. The van der Waals surface area contributed by atoms with Crippen LogP contribution in [0.15, 0.2) is 36.4 Å². The summed E-state index contributed by atoms with van der Waals surface area (Å²) in [5.41, 5.74) is 0.683. The highest BCUT2D eigenvalue weighted by atomic mass is 16.5. The van der Waals surface area contributed by atoms with Gasteiger partial charge in [0.05, 0.1) is 0 Å². The summed E-state index contributed by atoms with van der Waals surface area (Å²) >= 11 is 0. The van der Waals surface area contributed by atoms with Crippen molar-refractivity contribution in [1.82, 2.24) is 0 Å². The van der Waals surface area contributed by atoms with Gasteiger partial charge in [0.1, 0.15) is 12.4 Å². The van der Waals surface area contributed by atoms with Crippen molar-refractivity contribution in [2.24, 2.45) is 0 Å². The van der Waals surface area contributed by atoms with Crippen molar-refractivity contribution in [3.63, 3.8) is 0 Å². The van der Waals surface area contributed by atoms with Crippen LogP contribution in [0.25, 0.3) is 10.8 Å². The van der Waals surface area contributed by atoms with Crippen molar-refractivity contribution >= 4 is 22.4 Å². The maximum Gasteiger partial charge on any atom is 0.250 e. The van der Waals surface area contributed by atoms with Gasteiger partial charge < -0.3 is 15.2 Å². The number of rotatable bonds is 6. The van der Waals surface area contributed by atoms with Crippen LogP contribution in [0.5, 0.6) is 5.75 Å². The lowest BCUT2D eigenvalue weighted by atomic mass is 10.1. The molecule has 2 aromatic rings. The first-order valence-corrected chi connectivity index (χ1v) is 6.80. The number of phenolic OH excluding ortho intramolecular Hbond substituents is 1. The number of ether oxygens (including phenoxy) is 1. The van der Waals surface area contributed by atoms with E-state index in [-0.39, 0.29) is 18.3 Å². The van der Waals surface area contributed by atoms with Gasteiger partial charge in [-0.1, -0.05) is 31.5 Å². The van der Waals surface area contributed by atoms with Crippen molar-refractivity contribution in [3.8, 4) is 5.75 Å². The van der Waals surface area contributed by atoms with E-state index in [0.29, 0.717) is 12.3 Å². The van der Waals surface area contributed by atoms with Crippen LogP contribution in [0, 0.1) is 0 Å². The van der Waals surface area contributed by atoms with Crippen molar-refractivity contribution in [2.75, 3.05) is 18.5 Å². The summed E-state index contributed by atoms with van der Waals surface area (Å²) in [4.78, 5) is 11.8. The number of nitrogens with one attached hydrogen (secondary N) is 1. The Hall–Kier alpha value is -2.07. The Morgan fingerprint density at radius 3 is 2.95 bits per heavy atom. The number of carbonyl (C=O) groups excluding carboxylic acids is 1. The number of carbonyl (C=O) groups is 1. The minimum atomic E-state index is -0.183. The maximum atomic E-state index is 11.8. The lowest BCUT2D eigenvalue weighted by Gasteiger charge is -2.09. The topological polar surface area (TPSA) is 58.6 Å². The normalized spacial score (nSPS) is 10.7. The number of amides is 1. The van der Waals surface area contributed by atoms with Gasteiger partial charge >= 0.3 is 0 Å². The first kappa shape index (κ1) is 14.3. The second kappa shape index (κ2) is 6.91. The molecule has 106 valence electrons. The van der Waals surface area contributed by atoms with Crippen molar-refractivity contribution < 1.29 is 14.6 Å². The Labute approximate surface area is 118 Å².